The van der Waals surface area contributed by atoms with E-state index in [-0.39, 0.29) is 22.3 Å². The molecule has 128 valence electrons. The SMILES string of the molecule is Cc1c(C(=O)NN=Cc2ccc([N+](=O)[O-])s2)nnn1-c1nonc1N. The minimum Gasteiger partial charge on any atom is -0.378 e. The Hall–Kier alpha value is -3.68. The molecule has 0 bridgehead atoms. The number of carbonyl (C=O) groups is 1. The second-order valence-corrected chi connectivity index (χ2v) is 5.63. The molecule has 3 rings (SSSR count). The first-order chi connectivity index (χ1) is 12.0. The number of anilines is 1. The number of nitrogen functional groups attached to an aromatic ring is 1. The Morgan fingerprint density at radius 3 is 2.96 bits per heavy atom. The molecule has 1 amide bonds. The predicted molar refractivity (Wildman–Crippen MR) is 84.4 cm³/mol. The Labute approximate surface area is 142 Å². The zero-order chi connectivity index (χ0) is 18.0. The second-order valence-electron chi connectivity index (χ2n) is 4.54. The van der Waals surface area contributed by atoms with Crippen LogP contribution in [0.2, 0.25) is 0 Å². The maximum atomic E-state index is 12.1. The molecule has 0 spiro atoms. The number of nitrogens with zero attached hydrogens (tertiary/aromatic N) is 7. The zero-order valence-corrected chi connectivity index (χ0v) is 13.3. The number of rotatable bonds is 5. The molecule has 0 unspecified atom stereocenters. The zero-order valence-electron chi connectivity index (χ0n) is 12.5. The molecule has 3 aromatic heterocycles. The van der Waals surface area contributed by atoms with Crippen LogP contribution in [0.15, 0.2) is 21.9 Å². The summed E-state index contributed by atoms with van der Waals surface area (Å²) in [5.41, 5.74) is 8.17. The van der Waals surface area contributed by atoms with Crippen LogP contribution >= 0.6 is 11.3 Å². The van der Waals surface area contributed by atoms with E-state index in [0.29, 0.717) is 10.6 Å². The second kappa shape index (κ2) is 6.44. The highest BCUT2D eigenvalue weighted by atomic mass is 32.1. The van der Waals surface area contributed by atoms with Crippen LogP contribution in [0.3, 0.4) is 0 Å². The van der Waals surface area contributed by atoms with Crippen LogP contribution in [0.4, 0.5) is 10.8 Å². The van der Waals surface area contributed by atoms with Crippen LogP contribution < -0.4 is 11.2 Å². The third kappa shape index (κ3) is 3.18. The lowest BCUT2D eigenvalue weighted by atomic mass is 10.3. The van der Waals surface area contributed by atoms with Crippen molar-refractivity contribution in [2.24, 2.45) is 5.10 Å². The van der Waals surface area contributed by atoms with Crippen molar-refractivity contribution in [1.82, 2.24) is 30.7 Å². The van der Waals surface area contributed by atoms with Crippen molar-refractivity contribution in [3.05, 3.63) is 38.5 Å². The first-order valence-corrected chi connectivity index (χ1v) is 7.37. The van der Waals surface area contributed by atoms with Gasteiger partial charge in [-0.05, 0) is 23.3 Å². The first kappa shape index (κ1) is 16.2. The summed E-state index contributed by atoms with van der Waals surface area (Å²) in [6.07, 6.45) is 1.29. The maximum Gasteiger partial charge on any atom is 0.324 e. The lowest BCUT2D eigenvalue weighted by Crippen LogP contribution is -2.19. The molecule has 0 aromatic carbocycles. The summed E-state index contributed by atoms with van der Waals surface area (Å²) in [5, 5.41) is 28.8. The van der Waals surface area contributed by atoms with Crippen molar-refractivity contribution in [1.29, 1.82) is 0 Å². The van der Waals surface area contributed by atoms with Gasteiger partial charge in [-0.1, -0.05) is 16.6 Å². The number of nitrogens with one attached hydrogen (secondary N) is 1. The van der Waals surface area contributed by atoms with E-state index >= 15 is 0 Å². The van der Waals surface area contributed by atoms with Crippen molar-refractivity contribution in [2.45, 2.75) is 6.92 Å². The largest absolute Gasteiger partial charge is 0.378 e. The summed E-state index contributed by atoms with van der Waals surface area (Å²) in [7, 11) is 0. The van der Waals surface area contributed by atoms with Gasteiger partial charge in [0.25, 0.3) is 5.91 Å². The van der Waals surface area contributed by atoms with E-state index in [4.69, 9.17) is 5.73 Å². The molecule has 0 fully saturated rings. The van der Waals surface area contributed by atoms with E-state index < -0.39 is 10.8 Å². The van der Waals surface area contributed by atoms with Crippen molar-refractivity contribution < 1.29 is 14.3 Å². The molecule has 25 heavy (non-hydrogen) atoms. The Balaban J connectivity index is 1.71. The van der Waals surface area contributed by atoms with Gasteiger partial charge < -0.3 is 5.73 Å². The summed E-state index contributed by atoms with van der Waals surface area (Å²) in [5.74, 6) is -0.517. The van der Waals surface area contributed by atoms with E-state index in [1.54, 1.807) is 6.92 Å². The highest BCUT2D eigenvalue weighted by Crippen LogP contribution is 2.22. The molecule has 0 atom stereocenters. The average molecular weight is 363 g/mol. The predicted octanol–water partition coefficient (Wildman–Crippen LogP) is 0.275. The number of carbonyl (C=O) groups excluding carboxylic acids is 1. The standard InChI is InChI=1S/C11H9N9O4S/c1-5-8(14-18-19(5)10-9(12)16-24-17-10)11(21)15-13-4-6-2-3-7(25-6)20(22)23/h2-4H,1H3,(H2,12,16)(H,15,21). The molecule has 14 heteroatoms. The fourth-order valence-electron chi connectivity index (χ4n) is 1.80. The van der Waals surface area contributed by atoms with Gasteiger partial charge in [-0.15, -0.1) is 5.10 Å². The van der Waals surface area contributed by atoms with Gasteiger partial charge >= 0.3 is 5.00 Å². The minimum absolute atomic E-state index is 0.00253. The number of hydrazone groups is 1. The van der Waals surface area contributed by atoms with Gasteiger partial charge in [-0.25, -0.2) is 10.1 Å². The molecule has 3 N–H and O–H groups in total. The van der Waals surface area contributed by atoms with Gasteiger partial charge in [-0.2, -0.15) is 9.78 Å². The number of aromatic nitrogens is 5. The quantitative estimate of drug-likeness (QED) is 0.365. The van der Waals surface area contributed by atoms with Crippen LogP contribution in [-0.2, 0) is 0 Å². The highest BCUT2D eigenvalue weighted by molar-refractivity contribution is 7.16. The number of hydrogen-bond donors (Lipinski definition) is 2. The molecule has 3 aromatic rings. The number of thiophene rings is 1. The van der Waals surface area contributed by atoms with E-state index in [0.717, 1.165) is 11.3 Å². The fraction of sp³-hybridized carbons (Fsp3) is 0.0909. The smallest absolute Gasteiger partial charge is 0.324 e. The maximum absolute atomic E-state index is 12.1. The monoisotopic (exact) mass is 363 g/mol. The Morgan fingerprint density at radius 2 is 2.32 bits per heavy atom. The van der Waals surface area contributed by atoms with Crippen molar-refractivity contribution in [3.8, 4) is 5.82 Å². The van der Waals surface area contributed by atoms with Crippen molar-refractivity contribution in [2.75, 3.05) is 5.73 Å². The summed E-state index contributed by atoms with van der Waals surface area (Å²) in [4.78, 5) is 22.7. The van der Waals surface area contributed by atoms with Gasteiger partial charge in [0.2, 0.25) is 11.6 Å². The van der Waals surface area contributed by atoms with Gasteiger partial charge in [0, 0.05) is 6.07 Å². The molecular weight excluding hydrogens is 354 g/mol. The molecular formula is C11H9N9O4S. The Kier molecular flexibility index (Phi) is 4.17. The van der Waals surface area contributed by atoms with E-state index in [1.807, 2.05) is 0 Å². The number of amides is 1. The molecule has 0 aliphatic rings. The number of hydrogen-bond acceptors (Lipinski definition) is 11. The van der Waals surface area contributed by atoms with Gasteiger partial charge in [-0.3, -0.25) is 14.9 Å². The lowest BCUT2D eigenvalue weighted by molar-refractivity contribution is -0.380. The number of nitrogens with two attached hydrogens (primary N) is 1. The van der Waals surface area contributed by atoms with Crippen LogP contribution in [0.5, 0.6) is 0 Å². The van der Waals surface area contributed by atoms with Gasteiger partial charge in [0.15, 0.2) is 5.69 Å². The molecule has 13 nitrogen and oxygen atoms in total. The van der Waals surface area contributed by atoms with Crippen LogP contribution in [0.1, 0.15) is 21.1 Å². The molecule has 0 saturated heterocycles. The summed E-state index contributed by atoms with van der Waals surface area (Å²) in [6, 6.07) is 2.86. The lowest BCUT2D eigenvalue weighted by Gasteiger charge is -1.98. The molecule has 0 radical (unpaired) electrons. The molecule has 3 heterocycles. The summed E-state index contributed by atoms with van der Waals surface area (Å²) >= 11 is 0.924. The van der Waals surface area contributed by atoms with E-state index in [2.05, 4.69) is 35.8 Å². The summed E-state index contributed by atoms with van der Waals surface area (Å²) in [6.45, 7) is 1.58. The third-order valence-corrected chi connectivity index (χ3v) is 3.93. The van der Waals surface area contributed by atoms with Crippen LogP contribution in [-0.4, -0.2) is 42.4 Å². The Morgan fingerprint density at radius 1 is 1.52 bits per heavy atom. The van der Waals surface area contributed by atoms with Crippen LogP contribution in [0.25, 0.3) is 5.82 Å². The van der Waals surface area contributed by atoms with Gasteiger partial charge in [0.05, 0.1) is 21.7 Å². The molecule has 0 aliphatic heterocycles. The Bertz CT molecular complexity index is 972. The normalized spacial score (nSPS) is 11.1. The highest BCUT2D eigenvalue weighted by Gasteiger charge is 2.20. The van der Waals surface area contributed by atoms with E-state index in [1.165, 1.54) is 23.0 Å². The van der Waals surface area contributed by atoms with E-state index in [9.17, 15) is 14.9 Å². The van der Waals surface area contributed by atoms with Gasteiger partial charge in [0.1, 0.15) is 0 Å². The first-order valence-electron chi connectivity index (χ1n) is 6.55. The van der Waals surface area contributed by atoms with Crippen molar-refractivity contribution in [3.63, 3.8) is 0 Å². The minimum atomic E-state index is -0.624. The van der Waals surface area contributed by atoms with Crippen LogP contribution in [0, 0.1) is 17.0 Å². The average Bonchev–Trinajstić information content (AvgIpc) is 3.27. The number of nitro groups is 1. The topological polar surface area (TPSA) is 180 Å². The molecule has 0 aliphatic carbocycles. The molecule has 0 saturated carbocycles. The third-order valence-electron chi connectivity index (χ3n) is 2.96. The van der Waals surface area contributed by atoms with Crippen molar-refractivity contribution >= 4 is 34.3 Å². The summed E-state index contributed by atoms with van der Waals surface area (Å²) < 4.78 is 5.67. The fourth-order valence-corrected chi connectivity index (χ4v) is 2.49.